The Morgan fingerprint density at radius 2 is 1.76 bits per heavy atom. The molecule has 1 aliphatic heterocycles. The normalized spacial score (nSPS) is 15.2. The highest BCUT2D eigenvalue weighted by molar-refractivity contribution is 5.85. The van der Waals surface area contributed by atoms with E-state index in [9.17, 15) is 4.79 Å². The van der Waals surface area contributed by atoms with Crippen molar-refractivity contribution in [3.8, 4) is 5.75 Å². The average Bonchev–Trinajstić information content (AvgIpc) is 2.73. The molecule has 2 N–H and O–H groups in total. The highest BCUT2D eigenvalue weighted by Crippen LogP contribution is 2.28. The summed E-state index contributed by atoms with van der Waals surface area (Å²) in [6.07, 6.45) is 2.78. The van der Waals surface area contributed by atoms with Crippen LogP contribution in [0.3, 0.4) is 0 Å². The molecule has 1 amide bonds. The van der Waals surface area contributed by atoms with Gasteiger partial charge < -0.3 is 20.1 Å². The van der Waals surface area contributed by atoms with E-state index in [1.807, 2.05) is 42.5 Å². The summed E-state index contributed by atoms with van der Waals surface area (Å²) < 4.78 is 11.3. The number of benzene rings is 2. The summed E-state index contributed by atoms with van der Waals surface area (Å²) in [5.74, 6) is 0.665. The number of methoxy groups -OCH3 is 1. The predicted molar refractivity (Wildman–Crippen MR) is 118 cm³/mol. The smallest absolute Gasteiger partial charge is 0.257 e. The molecule has 2 aromatic carbocycles. The molecule has 0 spiro atoms. The van der Waals surface area contributed by atoms with Crippen LogP contribution in [-0.2, 0) is 16.0 Å². The number of para-hydroxylation sites is 1. The Hall–Kier alpha value is -2.08. The molecule has 0 radical (unpaired) electrons. The standard InChI is InChI=1S/C23H30N2O3.ClH/c1-27-18-23(11-13-24-14-12-23)17-25-22(26)16-28-21-10-6-5-9-20(21)15-19-7-3-2-4-8-19;/h2-10,24H,11-18H2,1H3,(H,25,26);1H. The van der Waals surface area contributed by atoms with Crippen molar-refractivity contribution in [2.45, 2.75) is 19.3 Å². The molecule has 158 valence electrons. The van der Waals surface area contributed by atoms with Gasteiger partial charge in [-0.2, -0.15) is 0 Å². The SMILES string of the molecule is COCC1(CNC(=O)COc2ccccc2Cc2ccccc2)CCNCC1.Cl. The van der Waals surface area contributed by atoms with E-state index in [0.29, 0.717) is 13.2 Å². The van der Waals surface area contributed by atoms with Crippen LogP contribution in [0.1, 0.15) is 24.0 Å². The van der Waals surface area contributed by atoms with Crippen LogP contribution in [0.15, 0.2) is 54.6 Å². The van der Waals surface area contributed by atoms with Crippen LogP contribution in [0, 0.1) is 5.41 Å². The third kappa shape index (κ3) is 7.03. The molecule has 1 aliphatic rings. The minimum atomic E-state index is -0.0940. The summed E-state index contributed by atoms with van der Waals surface area (Å²) in [7, 11) is 1.72. The topological polar surface area (TPSA) is 59.6 Å². The van der Waals surface area contributed by atoms with Crippen molar-refractivity contribution >= 4 is 18.3 Å². The Morgan fingerprint density at radius 3 is 2.48 bits per heavy atom. The number of halogens is 1. The van der Waals surface area contributed by atoms with Crippen molar-refractivity contribution in [1.29, 1.82) is 0 Å². The molecule has 0 atom stereocenters. The monoisotopic (exact) mass is 418 g/mol. The van der Waals surface area contributed by atoms with Gasteiger partial charge in [0.2, 0.25) is 0 Å². The second-order valence-corrected chi connectivity index (χ2v) is 7.52. The molecule has 6 heteroatoms. The Morgan fingerprint density at radius 1 is 1.07 bits per heavy atom. The number of amides is 1. The maximum absolute atomic E-state index is 12.4. The molecule has 5 nitrogen and oxygen atoms in total. The number of nitrogens with one attached hydrogen (secondary N) is 2. The zero-order valence-corrected chi connectivity index (χ0v) is 17.8. The van der Waals surface area contributed by atoms with Crippen LogP contribution >= 0.6 is 12.4 Å². The summed E-state index contributed by atoms with van der Waals surface area (Å²) in [6, 6.07) is 18.2. The van der Waals surface area contributed by atoms with E-state index < -0.39 is 0 Å². The van der Waals surface area contributed by atoms with Crippen LogP contribution in [0.25, 0.3) is 0 Å². The second kappa shape index (κ2) is 11.8. The third-order valence-corrected chi connectivity index (χ3v) is 5.34. The van der Waals surface area contributed by atoms with Crippen molar-refractivity contribution in [3.05, 3.63) is 65.7 Å². The average molecular weight is 419 g/mol. The van der Waals surface area contributed by atoms with Crippen LogP contribution in [0.4, 0.5) is 0 Å². The Kier molecular flexibility index (Phi) is 9.45. The zero-order chi connectivity index (χ0) is 19.7. The maximum Gasteiger partial charge on any atom is 0.257 e. The van der Waals surface area contributed by atoms with Gasteiger partial charge in [0.15, 0.2) is 6.61 Å². The first-order valence-electron chi connectivity index (χ1n) is 9.92. The number of ether oxygens (including phenoxy) is 2. The summed E-state index contributed by atoms with van der Waals surface area (Å²) in [5, 5.41) is 6.41. The molecule has 3 rings (SSSR count). The van der Waals surface area contributed by atoms with Gasteiger partial charge in [-0.1, -0.05) is 48.5 Å². The summed E-state index contributed by atoms with van der Waals surface area (Å²) in [6.45, 7) is 3.23. The van der Waals surface area contributed by atoms with E-state index in [2.05, 4.69) is 22.8 Å². The molecule has 2 aromatic rings. The fraction of sp³-hybridized carbons (Fsp3) is 0.435. The molecule has 1 saturated heterocycles. The van der Waals surface area contributed by atoms with Gasteiger partial charge in [0.25, 0.3) is 5.91 Å². The van der Waals surface area contributed by atoms with Gasteiger partial charge in [-0.3, -0.25) is 4.79 Å². The van der Waals surface area contributed by atoms with Crippen LogP contribution in [0.2, 0.25) is 0 Å². The Labute approximate surface area is 179 Å². The van der Waals surface area contributed by atoms with Gasteiger partial charge in [0.1, 0.15) is 5.75 Å². The first-order valence-corrected chi connectivity index (χ1v) is 9.92. The minimum absolute atomic E-state index is 0. The lowest BCUT2D eigenvalue weighted by Crippen LogP contribution is -2.47. The van der Waals surface area contributed by atoms with Crippen molar-refractivity contribution in [3.63, 3.8) is 0 Å². The van der Waals surface area contributed by atoms with Gasteiger partial charge >= 0.3 is 0 Å². The number of carbonyl (C=O) groups is 1. The molecule has 1 heterocycles. The Balaban J connectivity index is 0.00000300. The van der Waals surface area contributed by atoms with Crippen LogP contribution in [-0.4, -0.2) is 45.9 Å². The number of carbonyl (C=O) groups excluding carboxylic acids is 1. The molecule has 0 unspecified atom stereocenters. The molecule has 1 fully saturated rings. The summed E-state index contributed by atoms with van der Waals surface area (Å²) in [4.78, 5) is 12.4. The second-order valence-electron chi connectivity index (χ2n) is 7.52. The lowest BCUT2D eigenvalue weighted by atomic mass is 9.79. The third-order valence-electron chi connectivity index (χ3n) is 5.34. The first-order chi connectivity index (χ1) is 13.7. The van der Waals surface area contributed by atoms with Gasteiger partial charge in [0, 0.05) is 25.5 Å². The van der Waals surface area contributed by atoms with Gasteiger partial charge in [-0.15, -0.1) is 12.4 Å². The lowest BCUT2D eigenvalue weighted by molar-refractivity contribution is -0.124. The minimum Gasteiger partial charge on any atom is -0.483 e. The fourth-order valence-electron chi connectivity index (χ4n) is 3.72. The van der Waals surface area contributed by atoms with Gasteiger partial charge in [-0.25, -0.2) is 0 Å². The molecule has 0 saturated carbocycles. The van der Waals surface area contributed by atoms with Crippen molar-refractivity contribution in [1.82, 2.24) is 10.6 Å². The van der Waals surface area contributed by atoms with Crippen molar-refractivity contribution in [2.75, 3.05) is 40.0 Å². The van der Waals surface area contributed by atoms with E-state index in [1.54, 1.807) is 7.11 Å². The predicted octanol–water partition coefficient (Wildman–Crippen LogP) is 3.21. The van der Waals surface area contributed by atoms with E-state index in [1.165, 1.54) is 5.56 Å². The van der Waals surface area contributed by atoms with Crippen molar-refractivity contribution < 1.29 is 14.3 Å². The van der Waals surface area contributed by atoms with E-state index >= 15 is 0 Å². The van der Waals surface area contributed by atoms with Crippen LogP contribution in [0.5, 0.6) is 5.75 Å². The largest absolute Gasteiger partial charge is 0.483 e. The molecule has 0 bridgehead atoms. The number of hydrogen-bond acceptors (Lipinski definition) is 4. The maximum atomic E-state index is 12.4. The Bertz CT molecular complexity index is 743. The summed E-state index contributed by atoms with van der Waals surface area (Å²) >= 11 is 0. The van der Waals surface area contributed by atoms with E-state index in [4.69, 9.17) is 9.47 Å². The van der Waals surface area contributed by atoms with Crippen LogP contribution < -0.4 is 15.4 Å². The first kappa shape index (κ1) is 23.2. The zero-order valence-electron chi connectivity index (χ0n) is 17.0. The molecule has 0 aliphatic carbocycles. The summed E-state index contributed by atoms with van der Waals surface area (Å²) in [5.41, 5.74) is 2.31. The van der Waals surface area contributed by atoms with Gasteiger partial charge in [-0.05, 0) is 43.1 Å². The highest BCUT2D eigenvalue weighted by atomic mass is 35.5. The van der Waals surface area contributed by atoms with Gasteiger partial charge in [0.05, 0.1) is 6.61 Å². The number of rotatable bonds is 9. The number of piperidine rings is 1. The lowest BCUT2D eigenvalue weighted by Gasteiger charge is -2.37. The molecule has 0 aromatic heterocycles. The quantitative estimate of drug-likeness (QED) is 0.656. The molecule has 29 heavy (non-hydrogen) atoms. The fourth-order valence-corrected chi connectivity index (χ4v) is 3.72. The highest BCUT2D eigenvalue weighted by Gasteiger charge is 2.32. The van der Waals surface area contributed by atoms with Crippen molar-refractivity contribution in [2.24, 2.45) is 5.41 Å². The molecular weight excluding hydrogens is 388 g/mol. The molecular formula is C23H31ClN2O3. The van der Waals surface area contributed by atoms with E-state index in [0.717, 1.165) is 43.7 Å². The van der Waals surface area contributed by atoms with E-state index in [-0.39, 0.29) is 30.3 Å². The number of hydrogen-bond donors (Lipinski definition) is 2.